The zero-order valence-corrected chi connectivity index (χ0v) is 15.9. The molecular weight excluding hydrogens is 337 g/mol. The molecule has 0 radical (unpaired) electrons. The third-order valence-corrected chi connectivity index (χ3v) is 3.64. The SMILES string of the molecule is CCC(CC)(CNC(=NC)NCCC(F)(F)F)NC(=O)OC(C)(C)C. The number of carbonyl (C=O) groups excluding carboxylic acids is 1. The lowest BCUT2D eigenvalue weighted by Crippen LogP contribution is -2.57. The minimum Gasteiger partial charge on any atom is -0.444 e. The van der Waals surface area contributed by atoms with Crippen molar-refractivity contribution < 1.29 is 22.7 Å². The van der Waals surface area contributed by atoms with Gasteiger partial charge in [0.2, 0.25) is 0 Å². The van der Waals surface area contributed by atoms with E-state index in [1.54, 1.807) is 20.8 Å². The van der Waals surface area contributed by atoms with Crippen LogP contribution in [0.2, 0.25) is 0 Å². The maximum absolute atomic E-state index is 12.2. The first-order valence-electron chi connectivity index (χ1n) is 8.39. The summed E-state index contributed by atoms with van der Waals surface area (Å²) in [5, 5.41) is 8.44. The topological polar surface area (TPSA) is 74.8 Å². The minimum absolute atomic E-state index is 0.251. The van der Waals surface area contributed by atoms with Crippen LogP contribution in [-0.2, 0) is 4.74 Å². The molecule has 0 aliphatic carbocycles. The van der Waals surface area contributed by atoms with Gasteiger partial charge in [-0.15, -0.1) is 0 Å². The van der Waals surface area contributed by atoms with Crippen LogP contribution in [0.5, 0.6) is 0 Å². The number of nitrogens with one attached hydrogen (secondary N) is 3. The van der Waals surface area contributed by atoms with Crippen LogP contribution in [0.4, 0.5) is 18.0 Å². The minimum atomic E-state index is -4.22. The molecular formula is C16H31F3N4O2. The second-order valence-corrected chi connectivity index (χ2v) is 6.83. The molecule has 0 saturated carbocycles. The monoisotopic (exact) mass is 368 g/mol. The molecule has 6 nitrogen and oxygen atoms in total. The molecule has 0 heterocycles. The van der Waals surface area contributed by atoms with E-state index in [0.29, 0.717) is 19.4 Å². The average molecular weight is 368 g/mol. The summed E-state index contributed by atoms with van der Waals surface area (Å²) in [5.74, 6) is 0.251. The van der Waals surface area contributed by atoms with Gasteiger partial charge < -0.3 is 20.7 Å². The number of hydrogen-bond acceptors (Lipinski definition) is 3. The highest BCUT2D eigenvalue weighted by molar-refractivity contribution is 5.79. The summed E-state index contributed by atoms with van der Waals surface area (Å²) < 4.78 is 41.9. The van der Waals surface area contributed by atoms with E-state index in [4.69, 9.17) is 4.74 Å². The van der Waals surface area contributed by atoms with Gasteiger partial charge in [0.05, 0.1) is 12.0 Å². The number of aliphatic imine (C=N–C) groups is 1. The van der Waals surface area contributed by atoms with E-state index >= 15 is 0 Å². The zero-order chi connectivity index (χ0) is 19.7. The van der Waals surface area contributed by atoms with Crippen molar-refractivity contribution in [2.24, 2.45) is 4.99 Å². The number of hydrogen-bond donors (Lipinski definition) is 3. The molecule has 0 aromatic heterocycles. The lowest BCUT2D eigenvalue weighted by molar-refractivity contribution is -0.132. The Balaban J connectivity index is 4.70. The van der Waals surface area contributed by atoms with Gasteiger partial charge in [-0.05, 0) is 33.6 Å². The average Bonchev–Trinajstić information content (AvgIpc) is 2.46. The molecule has 9 heteroatoms. The Morgan fingerprint density at radius 1 is 1.08 bits per heavy atom. The van der Waals surface area contributed by atoms with Gasteiger partial charge in [-0.25, -0.2) is 4.79 Å². The smallest absolute Gasteiger partial charge is 0.408 e. The Morgan fingerprint density at radius 3 is 2.04 bits per heavy atom. The molecule has 3 N–H and O–H groups in total. The molecule has 0 fully saturated rings. The molecule has 0 spiro atoms. The third kappa shape index (κ3) is 10.7. The number of carbonyl (C=O) groups is 1. The molecule has 0 saturated heterocycles. The summed E-state index contributed by atoms with van der Waals surface area (Å²) in [4.78, 5) is 16.0. The van der Waals surface area contributed by atoms with Crippen molar-refractivity contribution in [1.82, 2.24) is 16.0 Å². The second-order valence-electron chi connectivity index (χ2n) is 6.83. The Hall–Kier alpha value is -1.67. The number of nitrogens with zero attached hydrogens (tertiary/aromatic N) is 1. The van der Waals surface area contributed by atoms with Crippen LogP contribution >= 0.6 is 0 Å². The molecule has 25 heavy (non-hydrogen) atoms. The predicted molar refractivity (Wildman–Crippen MR) is 92.7 cm³/mol. The molecule has 0 aromatic rings. The van der Waals surface area contributed by atoms with Crippen LogP contribution in [0.1, 0.15) is 53.9 Å². The van der Waals surface area contributed by atoms with Crippen molar-refractivity contribution in [2.75, 3.05) is 20.1 Å². The summed E-state index contributed by atoms with van der Waals surface area (Å²) >= 11 is 0. The van der Waals surface area contributed by atoms with Crippen LogP contribution in [0.15, 0.2) is 4.99 Å². The van der Waals surface area contributed by atoms with E-state index in [-0.39, 0.29) is 12.5 Å². The van der Waals surface area contributed by atoms with Gasteiger partial charge >= 0.3 is 12.3 Å². The molecule has 148 valence electrons. The van der Waals surface area contributed by atoms with E-state index in [9.17, 15) is 18.0 Å². The molecule has 0 bridgehead atoms. The van der Waals surface area contributed by atoms with Gasteiger partial charge in [0.15, 0.2) is 5.96 Å². The van der Waals surface area contributed by atoms with Gasteiger partial charge in [0.1, 0.15) is 5.60 Å². The van der Waals surface area contributed by atoms with Crippen LogP contribution < -0.4 is 16.0 Å². The Kier molecular flexibility index (Phi) is 9.07. The van der Waals surface area contributed by atoms with Crippen LogP contribution in [0, 0.1) is 0 Å². The number of halogens is 3. The van der Waals surface area contributed by atoms with Gasteiger partial charge in [0, 0.05) is 20.1 Å². The Morgan fingerprint density at radius 2 is 1.64 bits per heavy atom. The quantitative estimate of drug-likeness (QED) is 0.477. The molecule has 0 rings (SSSR count). The van der Waals surface area contributed by atoms with E-state index in [0.717, 1.165) is 0 Å². The van der Waals surface area contributed by atoms with Gasteiger partial charge in [-0.1, -0.05) is 13.8 Å². The van der Waals surface area contributed by atoms with E-state index in [1.807, 2.05) is 13.8 Å². The first kappa shape index (κ1) is 23.3. The van der Waals surface area contributed by atoms with E-state index in [2.05, 4.69) is 20.9 Å². The highest BCUT2D eigenvalue weighted by Gasteiger charge is 2.31. The van der Waals surface area contributed by atoms with Crippen molar-refractivity contribution in [1.29, 1.82) is 0 Å². The van der Waals surface area contributed by atoms with Crippen LogP contribution in [0.25, 0.3) is 0 Å². The summed E-state index contributed by atoms with van der Waals surface area (Å²) in [6.45, 7) is 9.20. The van der Waals surface area contributed by atoms with Crippen molar-refractivity contribution in [3.63, 3.8) is 0 Å². The van der Waals surface area contributed by atoms with Crippen molar-refractivity contribution in [3.05, 3.63) is 0 Å². The highest BCUT2D eigenvalue weighted by Crippen LogP contribution is 2.18. The summed E-state index contributed by atoms with van der Waals surface area (Å²) in [6, 6.07) is 0. The van der Waals surface area contributed by atoms with E-state index in [1.165, 1.54) is 7.05 Å². The molecule has 0 atom stereocenters. The lowest BCUT2D eigenvalue weighted by atomic mass is 9.93. The van der Waals surface area contributed by atoms with Gasteiger partial charge in [0.25, 0.3) is 0 Å². The lowest BCUT2D eigenvalue weighted by Gasteiger charge is -2.34. The Labute approximate surface area is 148 Å². The fourth-order valence-electron chi connectivity index (χ4n) is 2.04. The van der Waals surface area contributed by atoms with Crippen molar-refractivity contribution in [2.45, 2.75) is 71.2 Å². The standard InChI is InChI=1S/C16H31F3N4O2/c1-7-15(8-2,23-13(24)25-14(3,4)5)11-22-12(20-6)21-10-9-16(17,18)19/h7-11H2,1-6H3,(H,23,24)(H2,20,21,22). The number of guanidine groups is 1. The second kappa shape index (κ2) is 9.72. The summed E-state index contributed by atoms with van der Waals surface area (Å²) in [7, 11) is 1.48. The molecule has 0 aliphatic rings. The van der Waals surface area contributed by atoms with Crippen LogP contribution in [-0.4, -0.2) is 49.5 Å². The molecule has 0 aliphatic heterocycles. The fourth-order valence-corrected chi connectivity index (χ4v) is 2.04. The molecule has 0 unspecified atom stereocenters. The first-order valence-corrected chi connectivity index (χ1v) is 8.39. The third-order valence-electron chi connectivity index (χ3n) is 3.64. The van der Waals surface area contributed by atoms with Gasteiger partial charge in [-0.2, -0.15) is 13.2 Å². The molecule has 1 amide bonds. The molecule has 0 aromatic carbocycles. The number of ether oxygens (including phenoxy) is 1. The highest BCUT2D eigenvalue weighted by atomic mass is 19.4. The van der Waals surface area contributed by atoms with Gasteiger partial charge in [-0.3, -0.25) is 4.99 Å². The van der Waals surface area contributed by atoms with Crippen molar-refractivity contribution in [3.8, 4) is 0 Å². The van der Waals surface area contributed by atoms with Crippen molar-refractivity contribution >= 4 is 12.1 Å². The largest absolute Gasteiger partial charge is 0.444 e. The summed E-state index contributed by atoms with van der Waals surface area (Å²) in [6.07, 6.45) is -4.46. The predicted octanol–water partition coefficient (Wildman–Crippen LogP) is 3.19. The maximum atomic E-state index is 12.2. The van der Waals surface area contributed by atoms with Crippen LogP contribution in [0.3, 0.4) is 0 Å². The Bertz CT molecular complexity index is 442. The first-order chi connectivity index (χ1) is 11.4. The zero-order valence-electron chi connectivity index (χ0n) is 15.9. The van der Waals surface area contributed by atoms with E-state index < -0.39 is 29.8 Å². The number of alkyl carbamates (subject to hydrolysis) is 1. The number of alkyl halides is 3. The maximum Gasteiger partial charge on any atom is 0.408 e. The normalized spacial score (nSPS) is 13.4. The summed E-state index contributed by atoms with van der Waals surface area (Å²) in [5.41, 5.74) is -1.20. The number of amides is 1. The number of rotatable bonds is 7. The fraction of sp³-hybridized carbons (Fsp3) is 0.875.